The van der Waals surface area contributed by atoms with E-state index in [1.54, 1.807) is 17.0 Å². The van der Waals surface area contributed by atoms with Gasteiger partial charge in [-0.3, -0.25) is 14.6 Å². The van der Waals surface area contributed by atoms with Gasteiger partial charge in [0.1, 0.15) is 5.82 Å². The molecule has 1 heterocycles. The molecule has 1 aromatic heterocycles. The molecule has 1 N–H and O–H groups in total. The standard InChI is InChI=1S/C23H22FN3O2/c1-3-27(21-6-4-5-16(2)11-21)23(29)19-12-18(14-25-15-19)22(28)26-13-17-7-9-20(24)10-8-17/h4-12,14-15H,3,13H2,1-2H3,(H,26,28). The summed E-state index contributed by atoms with van der Waals surface area (Å²) in [4.78, 5) is 31.2. The fraction of sp³-hybridized carbons (Fsp3) is 0.174. The molecule has 0 saturated carbocycles. The number of amides is 2. The number of halogens is 1. The van der Waals surface area contributed by atoms with E-state index in [-0.39, 0.29) is 24.2 Å². The molecule has 0 radical (unpaired) electrons. The highest BCUT2D eigenvalue weighted by Crippen LogP contribution is 2.19. The van der Waals surface area contributed by atoms with Gasteiger partial charge in [-0.05, 0) is 55.3 Å². The summed E-state index contributed by atoms with van der Waals surface area (Å²) in [5.41, 5.74) is 3.25. The van der Waals surface area contributed by atoms with Crippen LogP contribution in [0.3, 0.4) is 0 Å². The highest BCUT2D eigenvalue weighted by atomic mass is 19.1. The topological polar surface area (TPSA) is 62.3 Å². The molecule has 0 saturated heterocycles. The van der Waals surface area contributed by atoms with Gasteiger partial charge in [0.15, 0.2) is 0 Å². The Hall–Kier alpha value is -3.54. The molecule has 0 aliphatic carbocycles. The van der Waals surface area contributed by atoms with Crippen LogP contribution in [0.4, 0.5) is 10.1 Å². The lowest BCUT2D eigenvalue weighted by Gasteiger charge is -2.21. The molecule has 0 bridgehead atoms. The number of rotatable bonds is 6. The number of carbonyl (C=O) groups excluding carboxylic acids is 2. The number of anilines is 1. The average molecular weight is 391 g/mol. The third kappa shape index (κ3) is 5.04. The lowest BCUT2D eigenvalue weighted by Crippen LogP contribution is -2.31. The molecule has 2 amide bonds. The van der Waals surface area contributed by atoms with Gasteiger partial charge < -0.3 is 10.2 Å². The van der Waals surface area contributed by atoms with Crippen molar-refractivity contribution in [2.24, 2.45) is 0 Å². The van der Waals surface area contributed by atoms with Gasteiger partial charge in [0, 0.05) is 31.2 Å². The van der Waals surface area contributed by atoms with Crippen molar-refractivity contribution in [3.8, 4) is 0 Å². The first-order chi connectivity index (χ1) is 14.0. The van der Waals surface area contributed by atoms with Crippen LogP contribution in [-0.2, 0) is 6.54 Å². The Morgan fingerprint density at radius 2 is 1.76 bits per heavy atom. The van der Waals surface area contributed by atoms with Crippen molar-refractivity contribution in [2.75, 3.05) is 11.4 Å². The molecule has 0 fully saturated rings. The first-order valence-electron chi connectivity index (χ1n) is 9.34. The van der Waals surface area contributed by atoms with Gasteiger partial charge in [-0.2, -0.15) is 0 Å². The molecule has 6 heteroatoms. The second kappa shape index (κ2) is 9.10. The quantitative estimate of drug-likeness (QED) is 0.687. The van der Waals surface area contributed by atoms with Crippen LogP contribution in [0.2, 0.25) is 0 Å². The average Bonchev–Trinajstić information content (AvgIpc) is 2.74. The van der Waals surface area contributed by atoms with E-state index in [1.807, 2.05) is 38.1 Å². The molecule has 2 aromatic carbocycles. The molecule has 148 valence electrons. The highest BCUT2D eigenvalue weighted by molar-refractivity contribution is 6.07. The van der Waals surface area contributed by atoms with Gasteiger partial charge in [0.25, 0.3) is 11.8 Å². The second-order valence-electron chi connectivity index (χ2n) is 6.66. The smallest absolute Gasteiger partial charge is 0.259 e. The number of benzene rings is 2. The third-order valence-corrected chi connectivity index (χ3v) is 4.49. The summed E-state index contributed by atoms with van der Waals surface area (Å²) in [6.45, 7) is 4.60. The van der Waals surface area contributed by atoms with Crippen LogP contribution in [0.1, 0.15) is 38.8 Å². The lowest BCUT2D eigenvalue weighted by molar-refractivity contribution is 0.0950. The SMILES string of the molecule is CCN(C(=O)c1cncc(C(=O)NCc2ccc(F)cc2)c1)c1cccc(C)c1. The molecule has 0 spiro atoms. The Balaban J connectivity index is 1.74. The Morgan fingerprint density at radius 1 is 1.03 bits per heavy atom. The first-order valence-corrected chi connectivity index (χ1v) is 9.34. The summed E-state index contributed by atoms with van der Waals surface area (Å²) in [5.74, 6) is -0.904. The van der Waals surface area contributed by atoms with Crippen molar-refractivity contribution in [1.82, 2.24) is 10.3 Å². The van der Waals surface area contributed by atoms with Crippen LogP contribution in [-0.4, -0.2) is 23.3 Å². The number of pyridine rings is 1. The van der Waals surface area contributed by atoms with E-state index in [0.717, 1.165) is 16.8 Å². The van der Waals surface area contributed by atoms with Gasteiger partial charge in [0.2, 0.25) is 0 Å². The Morgan fingerprint density at radius 3 is 2.45 bits per heavy atom. The zero-order valence-corrected chi connectivity index (χ0v) is 16.4. The van der Waals surface area contributed by atoms with Gasteiger partial charge >= 0.3 is 0 Å². The van der Waals surface area contributed by atoms with Crippen molar-refractivity contribution in [3.05, 3.63) is 95.1 Å². The van der Waals surface area contributed by atoms with Crippen molar-refractivity contribution >= 4 is 17.5 Å². The van der Waals surface area contributed by atoms with E-state index in [9.17, 15) is 14.0 Å². The zero-order chi connectivity index (χ0) is 20.8. The maximum atomic E-state index is 13.0. The van der Waals surface area contributed by atoms with Crippen LogP contribution in [0.15, 0.2) is 67.0 Å². The fourth-order valence-electron chi connectivity index (χ4n) is 2.96. The van der Waals surface area contributed by atoms with Gasteiger partial charge in [-0.25, -0.2) is 4.39 Å². The number of hydrogen-bond donors (Lipinski definition) is 1. The predicted molar refractivity (Wildman–Crippen MR) is 110 cm³/mol. The number of nitrogens with zero attached hydrogens (tertiary/aromatic N) is 2. The van der Waals surface area contributed by atoms with Crippen LogP contribution < -0.4 is 10.2 Å². The molecule has 0 aliphatic rings. The summed E-state index contributed by atoms with van der Waals surface area (Å²) in [5, 5.41) is 2.76. The summed E-state index contributed by atoms with van der Waals surface area (Å²) < 4.78 is 13.0. The molecule has 5 nitrogen and oxygen atoms in total. The molecule has 3 aromatic rings. The molecular weight excluding hydrogens is 369 g/mol. The maximum absolute atomic E-state index is 13.0. The minimum Gasteiger partial charge on any atom is -0.348 e. The van der Waals surface area contributed by atoms with Crippen LogP contribution in [0.25, 0.3) is 0 Å². The van der Waals surface area contributed by atoms with Crippen LogP contribution >= 0.6 is 0 Å². The largest absolute Gasteiger partial charge is 0.348 e. The number of hydrogen-bond acceptors (Lipinski definition) is 3. The molecule has 29 heavy (non-hydrogen) atoms. The Bertz CT molecular complexity index is 1020. The summed E-state index contributed by atoms with van der Waals surface area (Å²) in [7, 11) is 0. The van der Waals surface area contributed by atoms with E-state index in [2.05, 4.69) is 10.3 Å². The van der Waals surface area contributed by atoms with Gasteiger partial charge in [-0.1, -0.05) is 24.3 Å². The van der Waals surface area contributed by atoms with E-state index < -0.39 is 0 Å². The second-order valence-corrected chi connectivity index (χ2v) is 6.66. The number of carbonyl (C=O) groups is 2. The monoisotopic (exact) mass is 391 g/mol. The van der Waals surface area contributed by atoms with Crippen LogP contribution in [0, 0.1) is 12.7 Å². The molecule has 0 aliphatic heterocycles. The van der Waals surface area contributed by atoms with Gasteiger partial charge in [-0.15, -0.1) is 0 Å². The van der Waals surface area contributed by atoms with E-state index in [0.29, 0.717) is 17.7 Å². The van der Waals surface area contributed by atoms with Crippen molar-refractivity contribution in [3.63, 3.8) is 0 Å². The summed E-state index contributed by atoms with van der Waals surface area (Å²) in [6, 6.07) is 15.1. The predicted octanol–water partition coefficient (Wildman–Crippen LogP) is 4.13. The van der Waals surface area contributed by atoms with Crippen molar-refractivity contribution in [2.45, 2.75) is 20.4 Å². The number of aromatic nitrogens is 1. The van der Waals surface area contributed by atoms with Gasteiger partial charge in [0.05, 0.1) is 11.1 Å². The fourth-order valence-corrected chi connectivity index (χ4v) is 2.96. The Labute approximate surface area is 169 Å². The molecule has 0 unspecified atom stereocenters. The molecule has 0 atom stereocenters. The molecule has 3 rings (SSSR count). The van der Waals surface area contributed by atoms with E-state index in [1.165, 1.54) is 30.6 Å². The Kier molecular flexibility index (Phi) is 6.34. The maximum Gasteiger partial charge on any atom is 0.259 e. The highest BCUT2D eigenvalue weighted by Gasteiger charge is 2.18. The minimum absolute atomic E-state index is 0.223. The van der Waals surface area contributed by atoms with Crippen molar-refractivity contribution < 1.29 is 14.0 Å². The third-order valence-electron chi connectivity index (χ3n) is 4.49. The van der Waals surface area contributed by atoms with E-state index in [4.69, 9.17) is 0 Å². The van der Waals surface area contributed by atoms with Crippen LogP contribution in [0.5, 0.6) is 0 Å². The minimum atomic E-state index is -0.352. The normalized spacial score (nSPS) is 10.4. The number of nitrogens with one attached hydrogen (secondary N) is 1. The first kappa shape index (κ1) is 20.2. The lowest BCUT2D eigenvalue weighted by atomic mass is 10.1. The number of aryl methyl sites for hydroxylation is 1. The van der Waals surface area contributed by atoms with E-state index >= 15 is 0 Å². The summed E-state index contributed by atoms with van der Waals surface area (Å²) in [6.07, 6.45) is 2.87. The van der Waals surface area contributed by atoms with Crippen molar-refractivity contribution in [1.29, 1.82) is 0 Å². The zero-order valence-electron chi connectivity index (χ0n) is 16.4. The molecular formula is C23H22FN3O2. The summed E-state index contributed by atoms with van der Waals surface area (Å²) >= 11 is 0.